The van der Waals surface area contributed by atoms with Crippen molar-refractivity contribution in [1.82, 2.24) is 4.98 Å². The highest BCUT2D eigenvalue weighted by molar-refractivity contribution is 5.76. The lowest BCUT2D eigenvalue weighted by atomic mass is 10.1. The zero-order valence-electron chi connectivity index (χ0n) is 10.0. The summed E-state index contributed by atoms with van der Waals surface area (Å²) >= 11 is 0. The molecule has 1 aromatic rings. The first kappa shape index (κ1) is 12.0. The molecule has 1 aliphatic rings. The fourth-order valence-electron chi connectivity index (χ4n) is 1.89. The zero-order valence-corrected chi connectivity index (χ0v) is 10.0. The molecule has 0 radical (unpaired) electrons. The van der Waals surface area contributed by atoms with Gasteiger partial charge in [0.15, 0.2) is 6.29 Å². The van der Waals surface area contributed by atoms with Crippen LogP contribution in [0.2, 0.25) is 0 Å². The fraction of sp³-hybridized carbons (Fsp3) is 0.538. The van der Waals surface area contributed by atoms with Gasteiger partial charge in [0.1, 0.15) is 18.1 Å². The summed E-state index contributed by atoms with van der Waals surface area (Å²) in [6, 6.07) is 3.62. The monoisotopic (exact) mass is 235 g/mol. The van der Waals surface area contributed by atoms with Gasteiger partial charge in [-0.05, 0) is 38.3 Å². The van der Waals surface area contributed by atoms with E-state index in [0.717, 1.165) is 31.4 Å². The maximum atomic E-state index is 10.9. The van der Waals surface area contributed by atoms with Crippen LogP contribution in [0.5, 0.6) is 5.75 Å². The second-order valence-corrected chi connectivity index (χ2v) is 4.25. The van der Waals surface area contributed by atoms with E-state index >= 15 is 0 Å². The largest absolute Gasteiger partial charge is 0.488 e. The summed E-state index contributed by atoms with van der Waals surface area (Å²) in [4.78, 5) is 15.0. The predicted octanol–water partition coefficient (Wildman–Crippen LogP) is 2.15. The number of ether oxygens (including phenoxy) is 2. The zero-order chi connectivity index (χ0) is 12.1. The van der Waals surface area contributed by atoms with Crippen LogP contribution in [0.4, 0.5) is 0 Å². The van der Waals surface area contributed by atoms with Gasteiger partial charge >= 0.3 is 0 Å². The third-order valence-corrected chi connectivity index (χ3v) is 2.84. The highest BCUT2D eigenvalue weighted by Crippen LogP contribution is 2.18. The van der Waals surface area contributed by atoms with Crippen molar-refractivity contribution >= 4 is 6.29 Å². The number of pyridine rings is 1. The lowest BCUT2D eigenvalue weighted by Crippen LogP contribution is -2.26. The number of carbonyl (C=O) groups is 1. The molecule has 0 amide bonds. The molecular formula is C13H17NO3. The highest BCUT2D eigenvalue weighted by Gasteiger charge is 2.15. The van der Waals surface area contributed by atoms with Crippen LogP contribution >= 0.6 is 0 Å². The van der Waals surface area contributed by atoms with Crippen LogP contribution in [0.15, 0.2) is 12.1 Å². The van der Waals surface area contributed by atoms with Gasteiger partial charge < -0.3 is 9.47 Å². The Morgan fingerprint density at radius 3 is 3.12 bits per heavy atom. The van der Waals surface area contributed by atoms with Gasteiger partial charge in [-0.1, -0.05) is 0 Å². The summed E-state index contributed by atoms with van der Waals surface area (Å²) < 4.78 is 11.2. The van der Waals surface area contributed by atoms with E-state index in [2.05, 4.69) is 4.98 Å². The molecule has 1 fully saturated rings. The SMILES string of the molecule is Cc1ccc(OCC2CCCCO2)c(C=O)n1. The molecule has 2 rings (SSSR count). The summed E-state index contributed by atoms with van der Waals surface area (Å²) in [6.45, 7) is 3.15. The summed E-state index contributed by atoms with van der Waals surface area (Å²) in [5.41, 5.74) is 1.18. The number of nitrogens with zero attached hydrogens (tertiary/aromatic N) is 1. The Balaban J connectivity index is 1.95. The quantitative estimate of drug-likeness (QED) is 0.750. The van der Waals surface area contributed by atoms with Crippen LogP contribution in [0.1, 0.15) is 35.4 Å². The van der Waals surface area contributed by atoms with Gasteiger partial charge in [-0.25, -0.2) is 4.98 Å². The summed E-state index contributed by atoms with van der Waals surface area (Å²) in [5, 5.41) is 0. The minimum Gasteiger partial charge on any atom is -0.488 e. The molecule has 1 saturated heterocycles. The van der Waals surface area contributed by atoms with E-state index in [1.807, 2.05) is 13.0 Å². The first-order chi connectivity index (χ1) is 8.29. The van der Waals surface area contributed by atoms with Gasteiger partial charge in [-0.15, -0.1) is 0 Å². The summed E-state index contributed by atoms with van der Waals surface area (Å²) in [7, 11) is 0. The Hall–Kier alpha value is -1.42. The number of aromatic nitrogens is 1. The van der Waals surface area contributed by atoms with Crippen LogP contribution in [0.25, 0.3) is 0 Å². The first-order valence-electron chi connectivity index (χ1n) is 5.97. The van der Waals surface area contributed by atoms with Crippen molar-refractivity contribution < 1.29 is 14.3 Å². The van der Waals surface area contributed by atoms with Crippen LogP contribution in [-0.2, 0) is 4.74 Å². The number of rotatable bonds is 4. The molecule has 0 aliphatic carbocycles. The number of aryl methyl sites for hydroxylation is 1. The van der Waals surface area contributed by atoms with Gasteiger partial charge in [-0.3, -0.25) is 4.79 Å². The van der Waals surface area contributed by atoms with Crippen molar-refractivity contribution in [2.24, 2.45) is 0 Å². The molecule has 1 aliphatic heterocycles. The summed E-state index contributed by atoms with van der Waals surface area (Å²) in [5.74, 6) is 0.541. The van der Waals surface area contributed by atoms with E-state index in [4.69, 9.17) is 9.47 Å². The van der Waals surface area contributed by atoms with Crippen LogP contribution < -0.4 is 4.74 Å². The van der Waals surface area contributed by atoms with Crippen molar-refractivity contribution in [2.45, 2.75) is 32.3 Å². The molecule has 2 heterocycles. The highest BCUT2D eigenvalue weighted by atomic mass is 16.5. The average molecular weight is 235 g/mol. The molecule has 0 N–H and O–H groups in total. The standard InChI is InChI=1S/C13H17NO3/c1-10-5-6-13(12(8-15)14-10)17-9-11-4-2-3-7-16-11/h5-6,8,11H,2-4,7,9H2,1H3. The molecular weight excluding hydrogens is 218 g/mol. The number of aldehydes is 1. The molecule has 4 heteroatoms. The van der Waals surface area contributed by atoms with E-state index in [0.29, 0.717) is 18.1 Å². The lowest BCUT2D eigenvalue weighted by Gasteiger charge is -2.22. The molecule has 92 valence electrons. The van der Waals surface area contributed by atoms with Gasteiger partial charge in [0.25, 0.3) is 0 Å². The van der Waals surface area contributed by atoms with E-state index in [-0.39, 0.29) is 6.10 Å². The van der Waals surface area contributed by atoms with Gasteiger partial charge in [0.05, 0.1) is 6.10 Å². The number of hydrogen-bond donors (Lipinski definition) is 0. The van der Waals surface area contributed by atoms with E-state index in [9.17, 15) is 4.79 Å². The molecule has 0 aromatic carbocycles. The van der Waals surface area contributed by atoms with Crippen molar-refractivity contribution in [3.8, 4) is 5.75 Å². The Kier molecular flexibility index (Phi) is 4.09. The smallest absolute Gasteiger partial charge is 0.172 e. The normalized spacial score (nSPS) is 19.9. The number of hydrogen-bond acceptors (Lipinski definition) is 4. The molecule has 0 spiro atoms. The molecule has 1 aromatic heterocycles. The molecule has 4 nitrogen and oxygen atoms in total. The van der Waals surface area contributed by atoms with Crippen molar-refractivity contribution in [3.05, 3.63) is 23.5 Å². The molecule has 17 heavy (non-hydrogen) atoms. The Labute approximate surface area is 101 Å². The van der Waals surface area contributed by atoms with E-state index < -0.39 is 0 Å². The summed E-state index contributed by atoms with van der Waals surface area (Å²) in [6.07, 6.45) is 4.20. The molecule has 1 unspecified atom stereocenters. The third kappa shape index (κ3) is 3.27. The first-order valence-corrected chi connectivity index (χ1v) is 5.97. The Morgan fingerprint density at radius 2 is 2.41 bits per heavy atom. The van der Waals surface area contributed by atoms with Gasteiger partial charge in [-0.2, -0.15) is 0 Å². The minimum absolute atomic E-state index is 0.143. The third-order valence-electron chi connectivity index (χ3n) is 2.84. The van der Waals surface area contributed by atoms with E-state index in [1.54, 1.807) is 6.07 Å². The van der Waals surface area contributed by atoms with Crippen LogP contribution in [0.3, 0.4) is 0 Å². The molecule has 0 saturated carbocycles. The van der Waals surface area contributed by atoms with Gasteiger partial charge in [0, 0.05) is 12.3 Å². The lowest BCUT2D eigenvalue weighted by molar-refractivity contribution is -0.0112. The number of carbonyl (C=O) groups excluding carboxylic acids is 1. The maximum absolute atomic E-state index is 10.9. The van der Waals surface area contributed by atoms with Crippen molar-refractivity contribution in [2.75, 3.05) is 13.2 Å². The second kappa shape index (κ2) is 5.77. The second-order valence-electron chi connectivity index (χ2n) is 4.25. The minimum atomic E-state index is 0.143. The predicted molar refractivity (Wildman–Crippen MR) is 63.4 cm³/mol. The topological polar surface area (TPSA) is 48.4 Å². The molecule has 0 bridgehead atoms. The van der Waals surface area contributed by atoms with Crippen molar-refractivity contribution in [3.63, 3.8) is 0 Å². The average Bonchev–Trinajstić information content (AvgIpc) is 2.38. The molecule has 1 atom stereocenters. The van der Waals surface area contributed by atoms with Crippen LogP contribution in [0, 0.1) is 6.92 Å². The van der Waals surface area contributed by atoms with Crippen LogP contribution in [-0.4, -0.2) is 30.6 Å². The maximum Gasteiger partial charge on any atom is 0.172 e. The van der Waals surface area contributed by atoms with E-state index in [1.165, 1.54) is 6.42 Å². The van der Waals surface area contributed by atoms with Crippen molar-refractivity contribution in [1.29, 1.82) is 0 Å². The Morgan fingerprint density at radius 1 is 1.53 bits per heavy atom. The fourth-order valence-corrected chi connectivity index (χ4v) is 1.89. The van der Waals surface area contributed by atoms with Gasteiger partial charge in [0.2, 0.25) is 0 Å². The Bertz CT molecular complexity index is 386.